The summed E-state index contributed by atoms with van der Waals surface area (Å²) < 4.78 is 0. The van der Waals surface area contributed by atoms with Crippen molar-refractivity contribution < 1.29 is 0 Å². The highest BCUT2D eigenvalue weighted by Gasteiger charge is 2.30. The summed E-state index contributed by atoms with van der Waals surface area (Å²) in [4.78, 5) is 0. The second-order valence-electron chi connectivity index (χ2n) is 4.64. The Bertz CT molecular complexity index is 143. The minimum absolute atomic E-state index is 0.338. The first kappa shape index (κ1) is 10.0. The molecule has 0 radical (unpaired) electrons. The van der Waals surface area contributed by atoms with Crippen LogP contribution in [0.25, 0.3) is 0 Å². The van der Waals surface area contributed by atoms with Crippen molar-refractivity contribution in [1.82, 2.24) is 10.6 Å². The molecule has 1 aliphatic rings. The lowest BCUT2D eigenvalue weighted by Gasteiger charge is -2.19. The molecule has 1 heterocycles. The molecule has 1 fully saturated rings. The van der Waals surface area contributed by atoms with E-state index in [1.807, 2.05) is 0 Å². The van der Waals surface area contributed by atoms with Crippen LogP contribution in [0.1, 0.15) is 40.5 Å². The van der Waals surface area contributed by atoms with Gasteiger partial charge in [0, 0.05) is 24.2 Å². The van der Waals surface area contributed by atoms with Crippen molar-refractivity contribution in [2.45, 2.75) is 58.2 Å². The Hall–Kier alpha value is -0.0800. The van der Waals surface area contributed by atoms with Gasteiger partial charge in [-0.3, -0.25) is 0 Å². The standard InChI is InChI=1S/C10H22N2/c1-5-8(2)12-9-6-10(3,4)11-7-9/h8-9,11-12H,5-7H2,1-4H3. The van der Waals surface area contributed by atoms with Crippen molar-refractivity contribution in [2.24, 2.45) is 0 Å². The Morgan fingerprint density at radius 2 is 2.25 bits per heavy atom. The summed E-state index contributed by atoms with van der Waals surface area (Å²) in [5.41, 5.74) is 0.338. The molecule has 2 unspecified atom stereocenters. The molecule has 0 spiro atoms. The molecule has 2 atom stereocenters. The van der Waals surface area contributed by atoms with Gasteiger partial charge in [0.25, 0.3) is 0 Å². The zero-order chi connectivity index (χ0) is 9.19. The third-order valence-electron chi connectivity index (χ3n) is 2.72. The second-order valence-corrected chi connectivity index (χ2v) is 4.64. The molecule has 1 saturated heterocycles. The maximum atomic E-state index is 3.62. The zero-order valence-electron chi connectivity index (χ0n) is 8.78. The molecule has 2 nitrogen and oxygen atoms in total. The predicted octanol–water partition coefficient (Wildman–Crippen LogP) is 1.51. The molecule has 0 amide bonds. The van der Waals surface area contributed by atoms with Crippen LogP contribution in [-0.2, 0) is 0 Å². The van der Waals surface area contributed by atoms with Gasteiger partial charge in [0.2, 0.25) is 0 Å². The van der Waals surface area contributed by atoms with Crippen LogP contribution in [0.5, 0.6) is 0 Å². The highest BCUT2D eigenvalue weighted by Crippen LogP contribution is 2.18. The van der Waals surface area contributed by atoms with Gasteiger partial charge >= 0.3 is 0 Å². The van der Waals surface area contributed by atoms with E-state index in [4.69, 9.17) is 0 Å². The number of hydrogen-bond donors (Lipinski definition) is 2. The molecule has 12 heavy (non-hydrogen) atoms. The lowest BCUT2D eigenvalue weighted by atomic mass is 10.0. The largest absolute Gasteiger partial charge is 0.310 e. The van der Waals surface area contributed by atoms with Gasteiger partial charge in [-0.15, -0.1) is 0 Å². The summed E-state index contributed by atoms with van der Waals surface area (Å²) in [6.07, 6.45) is 2.47. The van der Waals surface area contributed by atoms with E-state index in [1.54, 1.807) is 0 Å². The van der Waals surface area contributed by atoms with Crippen molar-refractivity contribution in [3.05, 3.63) is 0 Å². The molecule has 0 aliphatic carbocycles. The summed E-state index contributed by atoms with van der Waals surface area (Å²) in [7, 11) is 0. The molecule has 1 rings (SSSR count). The Balaban J connectivity index is 2.28. The first-order valence-corrected chi connectivity index (χ1v) is 5.04. The minimum Gasteiger partial charge on any atom is -0.310 e. The van der Waals surface area contributed by atoms with Crippen molar-refractivity contribution >= 4 is 0 Å². The van der Waals surface area contributed by atoms with Crippen molar-refractivity contribution in [3.63, 3.8) is 0 Å². The van der Waals surface area contributed by atoms with Crippen molar-refractivity contribution in [3.8, 4) is 0 Å². The monoisotopic (exact) mass is 170 g/mol. The van der Waals surface area contributed by atoms with E-state index in [-0.39, 0.29) is 0 Å². The fraction of sp³-hybridized carbons (Fsp3) is 1.00. The van der Waals surface area contributed by atoms with Crippen LogP contribution in [0.15, 0.2) is 0 Å². The van der Waals surface area contributed by atoms with Gasteiger partial charge in [0.05, 0.1) is 0 Å². The van der Waals surface area contributed by atoms with Gasteiger partial charge < -0.3 is 10.6 Å². The summed E-state index contributed by atoms with van der Waals surface area (Å²) in [5, 5.41) is 7.13. The molecule has 2 heteroatoms. The number of hydrogen-bond acceptors (Lipinski definition) is 2. The van der Waals surface area contributed by atoms with Gasteiger partial charge in [0.1, 0.15) is 0 Å². The Morgan fingerprint density at radius 3 is 2.67 bits per heavy atom. The van der Waals surface area contributed by atoms with Crippen molar-refractivity contribution in [1.29, 1.82) is 0 Å². The van der Waals surface area contributed by atoms with Gasteiger partial charge in [0.15, 0.2) is 0 Å². The first-order chi connectivity index (χ1) is 5.53. The van der Waals surface area contributed by atoms with E-state index in [0.717, 1.165) is 6.54 Å². The fourth-order valence-corrected chi connectivity index (χ4v) is 1.80. The molecule has 1 aliphatic heterocycles. The summed E-state index contributed by atoms with van der Waals surface area (Å²) in [6, 6.07) is 1.33. The molecular formula is C10H22N2. The normalized spacial score (nSPS) is 30.5. The zero-order valence-corrected chi connectivity index (χ0v) is 8.78. The van der Waals surface area contributed by atoms with Gasteiger partial charge in [-0.2, -0.15) is 0 Å². The van der Waals surface area contributed by atoms with Crippen LogP contribution < -0.4 is 10.6 Å². The first-order valence-electron chi connectivity index (χ1n) is 5.04. The molecular weight excluding hydrogens is 148 g/mol. The summed E-state index contributed by atoms with van der Waals surface area (Å²) in [6.45, 7) is 10.1. The lowest BCUT2D eigenvalue weighted by Crippen LogP contribution is -2.37. The number of rotatable bonds is 3. The van der Waals surface area contributed by atoms with Crippen molar-refractivity contribution in [2.75, 3.05) is 6.54 Å². The summed E-state index contributed by atoms with van der Waals surface area (Å²) >= 11 is 0. The second kappa shape index (κ2) is 3.75. The van der Waals surface area contributed by atoms with Crippen LogP contribution in [0.4, 0.5) is 0 Å². The highest BCUT2D eigenvalue weighted by molar-refractivity contribution is 4.93. The molecule has 0 saturated carbocycles. The average Bonchev–Trinajstić information content (AvgIpc) is 2.30. The third kappa shape index (κ3) is 2.76. The molecule has 2 N–H and O–H groups in total. The number of nitrogens with one attached hydrogen (secondary N) is 2. The SMILES string of the molecule is CCC(C)NC1CNC(C)(C)C1. The Kier molecular flexibility index (Phi) is 3.13. The van der Waals surface area contributed by atoms with E-state index in [0.29, 0.717) is 17.6 Å². The molecule has 72 valence electrons. The van der Waals surface area contributed by atoms with Gasteiger partial charge in [-0.25, -0.2) is 0 Å². The molecule has 0 bridgehead atoms. The van der Waals surface area contributed by atoms with Gasteiger partial charge in [-0.1, -0.05) is 6.92 Å². The molecule has 0 aromatic rings. The van der Waals surface area contributed by atoms with Crippen LogP contribution in [-0.4, -0.2) is 24.2 Å². The van der Waals surface area contributed by atoms with Crippen LogP contribution in [0.2, 0.25) is 0 Å². The maximum absolute atomic E-state index is 3.62. The lowest BCUT2D eigenvalue weighted by molar-refractivity contribution is 0.418. The quantitative estimate of drug-likeness (QED) is 0.671. The molecule has 0 aromatic carbocycles. The van der Waals surface area contributed by atoms with E-state index in [2.05, 4.69) is 38.3 Å². The maximum Gasteiger partial charge on any atom is 0.0212 e. The summed E-state index contributed by atoms with van der Waals surface area (Å²) in [5.74, 6) is 0. The fourth-order valence-electron chi connectivity index (χ4n) is 1.80. The highest BCUT2D eigenvalue weighted by atomic mass is 15.1. The van der Waals surface area contributed by atoms with Crippen LogP contribution in [0, 0.1) is 0 Å². The third-order valence-corrected chi connectivity index (χ3v) is 2.72. The van der Waals surface area contributed by atoms with E-state index in [1.165, 1.54) is 12.8 Å². The van der Waals surface area contributed by atoms with E-state index < -0.39 is 0 Å². The Labute approximate surface area is 76.1 Å². The average molecular weight is 170 g/mol. The predicted molar refractivity (Wildman–Crippen MR) is 53.4 cm³/mol. The van der Waals surface area contributed by atoms with E-state index >= 15 is 0 Å². The minimum atomic E-state index is 0.338. The van der Waals surface area contributed by atoms with E-state index in [9.17, 15) is 0 Å². The molecule has 0 aromatic heterocycles. The van der Waals surface area contributed by atoms with Crippen LogP contribution >= 0.6 is 0 Å². The Morgan fingerprint density at radius 1 is 1.58 bits per heavy atom. The topological polar surface area (TPSA) is 24.1 Å². The van der Waals surface area contributed by atoms with Crippen LogP contribution in [0.3, 0.4) is 0 Å². The smallest absolute Gasteiger partial charge is 0.0212 e. The van der Waals surface area contributed by atoms with Gasteiger partial charge in [-0.05, 0) is 33.6 Å².